The Morgan fingerprint density at radius 2 is 2.18 bits per heavy atom. The van der Waals surface area contributed by atoms with E-state index in [2.05, 4.69) is 19.9 Å². The van der Waals surface area contributed by atoms with Crippen molar-refractivity contribution in [2.75, 3.05) is 19.1 Å². The van der Waals surface area contributed by atoms with Crippen molar-refractivity contribution in [3.05, 3.63) is 30.0 Å². The Morgan fingerprint density at radius 3 is 3.00 bits per heavy atom. The predicted molar refractivity (Wildman–Crippen MR) is 87.8 cm³/mol. The molecule has 0 amide bonds. The smallest absolute Gasteiger partial charge is 0.161 e. The monoisotopic (exact) mass is 295 g/mol. The number of ether oxygens (including phenoxy) is 1. The minimum Gasteiger partial charge on any atom is -0.497 e. The highest BCUT2D eigenvalue weighted by Crippen LogP contribution is 2.33. The van der Waals surface area contributed by atoms with E-state index < -0.39 is 0 Å². The summed E-state index contributed by atoms with van der Waals surface area (Å²) in [5, 5.41) is 3.34. The Bertz CT molecular complexity index is 903. The minimum atomic E-state index is 0.603. The summed E-state index contributed by atoms with van der Waals surface area (Å²) in [6.45, 7) is 2.63. The molecule has 22 heavy (non-hydrogen) atoms. The number of fused-ring (bicyclic) bond motifs is 3. The molecule has 1 aliphatic rings. The number of methoxy groups -OCH3 is 1. The number of nitrogens with zero attached hydrogens (tertiary/aromatic N) is 3. The number of aromatic nitrogens is 3. The molecule has 1 aliphatic heterocycles. The first kappa shape index (κ1) is 12.9. The van der Waals surface area contributed by atoms with Gasteiger partial charge in [-0.05, 0) is 19.1 Å². The third kappa shape index (κ3) is 1.73. The lowest BCUT2D eigenvalue weighted by molar-refractivity contribution is 0.415. The molecule has 0 radical (unpaired) electrons. The van der Waals surface area contributed by atoms with Crippen LogP contribution < -0.4 is 10.1 Å². The lowest BCUT2D eigenvalue weighted by Crippen LogP contribution is -2.15. The molecule has 2 aromatic heterocycles. The normalized spacial score (nSPS) is 13.7. The van der Waals surface area contributed by atoms with Crippen LogP contribution in [0.1, 0.15) is 12.6 Å². The number of benzene rings is 1. The summed E-state index contributed by atoms with van der Waals surface area (Å²) in [4.78, 5) is 12.6. The van der Waals surface area contributed by atoms with Gasteiger partial charge in [-0.2, -0.15) is 0 Å². The van der Waals surface area contributed by atoms with Crippen LogP contribution in [0.15, 0.2) is 29.3 Å². The van der Waals surface area contributed by atoms with Gasteiger partial charge in [-0.1, -0.05) is 12.1 Å². The van der Waals surface area contributed by atoms with Gasteiger partial charge < -0.3 is 19.6 Å². The molecule has 0 fully saturated rings. The topological polar surface area (TPSA) is 67.2 Å². The molecule has 0 unspecified atom stereocenters. The number of aromatic amines is 1. The van der Waals surface area contributed by atoms with Gasteiger partial charge in [0.15, 0.2) is 5.65 Å². The molecule has 0 bridgehead atoms. The predicted octanol–water partition coefficient (Wildman–Crippen LogP) is 2.77. The molecule has 0 saturated heterocycles. The standard InChI is InChI=1S/C16H17N5O/c1-9-14-12(18-8-17-9)13-16(21(14)2)20-15(19-13)10-5-4-6-11(7-10)22-3/h4-7,18H,8H2,1-3H3,(H,19,20). The quantitative estimate of drug-likeness (QED) is 0.764. The molecule has 1 aromatic carbocycles. The van der Waals surface area contributed by atoms with Crippen LogP contribution in [0.3, 0.4) is 0 Å². The zero-order valence-electron chi connectivity index (χ0n) is 12.8. The Morgan fingerprint density at radius 1 is 1.32 bits per heavy atom. The van der Waals surface area contributed by atoms with Crippen LogP contribution in [0, 0.1) is 0 Å². The van der Waals surface area contributed by atoms with E-state index in [1.807, 2.05) is 38.2 Å². The number of rotatable bonds is 2. The third-order valence-corrected chi connectivity index (χ3v) is 4.08. The first-order chi connectivity index (χ1) is 10.7. The van der Waals surface area contributed by atoms with Crippen LogP contribution in [0.2, 0.25) is 0 Å². The maximum absolute atomic E-state index is 5.29. The van der Waals surface area contributed by atoms with E-state index in [1.54, 1.807) is 7.11 Å². The second-order valence-electron chi connectivity index (χ2n) is 5.38. The van der Waals surface area contributed by atoms with E-state index in [1.165, 1.54) is 0 Å². The Balaban J connectivity index is 1.90. The summed E-state index contributed by atoms with van der Waals surface area (Å²) in [5.41, 5.74) is 6.15. The van der Waals surface area contributed by atoms with Gasteiger partial charge in [0, 0.05) is 12.6 Å². The van der Waals surface area contributed by atoms with Crippen molar-refractivity contribution in [1.82, 2.24) is 14.5 Å². The molecule has 112 valence electrons. The van der Waals surface area contributed by atoms with Crippen LogP contribution >= 0.6 is 0 Å². The number of aliphatic imine (C=N–C) groups is 1. The fourth-order valence-corrected chi connectivity index (χ4v) is 2.99. The lowest BCUT2D eigenvalue weighted by atomic mass is 10.2. The van der Waals surface area contributed by atoms with Crippen LogP contribution in [0.4, 0.5) is 5.69 Å². The SMILES string of the molecule is COc1cccc(-c2nc3c([nH]2)c2c(n3C)C(C)=NCN2)c1. The largest absolute Gasteiger partial charge is 0.497 e. The van der Waals surface area contributed by atoms with Gasteiger partial charge in [-0.15, -0.1) is 0 Å². The number of imidazole rings is 1. The van der Waals surface area contributed by atoms with Crippen LogP contribution in [-0.4, -0.2) is 34.0 Å². The molecule has 3 aromatic rings. The second-order valence-corrected chi connectivity index (χ2v) is 5.38. The minimum absolute atomic E-state index is 0.603. The Hall–Kier alpha value is -2.76. The molecule has 0 saturated carbocycles. The highest BCUT2D eigenvalue weighted by molar-refractivity contribution is 6.10. The van der Waals surface area contributed by atoms with Crippen LogP contribution in [0.5, 0.6) is 5.75 Å². The number of H-pyrrole nitrogens is 1. The molecule has 4 rings (SSSR count). The highest BCUT2D eigenvalue weighted by Gasteiger charge is 2.23. The average Bonchev–Trinajstić information content (AvgIpc) is 3.08. The molecule has 3 heterocycles. The number of hydrogen-bond donors (Lipinski definition) is 2. The first-order valence-corrected chi connectivity index (χ1v) is 7.17. The van der Waals surface area contributed by atoms with E-state index in [4.69, 9.17) is 9.72 Å². The average molecular weight is 295 g/mol. The van der Waals surface area contributed by atoms with E-state index >= 15 is 0 Å². The summed E-state index contributed by atoms with van der Waals surface area (Å²) >= 11 is 0. The number of hydrogen-bond acceptors (Lipinski definition) is 4. The van der Waals surface area contributed by atoms with Gasteiger partial charge in [-0.3, -0.25) is 4.99 Å². The molecule has 2 N–H and O–H groups in total. The van der Waals surface area contributed by atoms with Crippen molar-refractivity contribution >= 4 is 22.6 Å². The second kappa shape index (κ2) is 4.62. The first-order valence-electron chi connectivity index (χ1n) is 7.17. The van der Waals surface area contributed by atoms with Crippen LogP contribution in [-0.2, 0) is 7.05 Å². The molecule has 6 nitrogen and oxygen atoms in total. The zero-order chi connectivity index (χ0) is 15.3. The molecule has 0 spiro atoms. The molecule has 6 heteroatoms. The van der Waals surface area contributed by atoms with Crippen molar-refractivity contribution in [3.8, 4) is 17.1 Å². The van der Waals surface area contributed by atoms with E-state index in [-0.39, 0.29) is 0 Å². The lowest BCUT2D eigenvalue weighted by Gasteiger charge is -2.14. The van der Waals surface area contributed by atoms with Crippen LogP contribution in [0.25, 0.3) is 22.6 Å². The van der Waals surface area contributed by atoms with Crippen molar-refractivity contribution in [2.45, 2.75) is 6.92 Å². The van der Waals surface area contributed by atoms with Gasteiger partial charge in [0.05, 0.1) is 24.2 Å². The van der Waals surface area contributed by atoms with E-state index in [0.717, 1.165) is 45.4 Å². The van der Waals surface area contributed by atoms with Crippen molar-refractivity contribution in [2.24, 2.45) is 12.0 Å². The maximum Gasteiger partial charge on any atom is 0.161 e. The number of anilines is 1. The Kier molecular flexibility index (Phi) is 2.72. The molecule has 0 aliphatic carbocycles. The van der Waals surface area contributed by atoms with Gasteiger partial charge in [0.2, 0.25) is 0 Å². The van der Waals surface area contributed by atoms with Crippen molar-refractivity contribution in [3.63, 3.8) is 0 Å². The zero-order valence-corrected chi connectivity index (χ0v) is 12.8. The molecular formula is C16H17N5O. The van der Waals surface area contributed by atoms with E-state index in [0.29, 0.717) is 6.67 Å². The van der Waals surface area contributed by atoms with Gasteiger partial charge in [0.1, 0.15) is 23.8 Å². The summed E-state index contributed by atoms with van der Waals surface area (Å²) in [6.07, 6.45) is 0. The summed E-state index contributed by atoms with van der Waals surface area (Å²) in [6, 6.07) is 7.89. The third-order valence-electron chi connectivity index (χ3n) is 4.08. The fraction of sp³-hybridized carbons (Fsp3) is 0.250. The number of nitrogens with one attached hydrogen (secondary N) is 2. The molecule has 0 atom stereocenters. The summed E-state index contributed by atoms with van der Waals surface area (Å²) in [7, 11) is 3.68. The summed E-state index contributed by atoms with van der Waals surface area (Å²) in [5.74, 6) is 1.66. The van der Waals surface area contributed by atoms with Gasteiger partial charge >= 0.3 is 0 Å². The van der Waals surface area contributed by atoms with E-state index in [9.17, 15) is 0 Å². The van der Waals surface area contributed by atoms with Crippen molar-refractivity contribution in [1.29, 1.82) is 0 Å². The Labute approximate surface area is 127 Å². The molecular weight excluding hydrogens is 278 g/mol. The maximum atomic E-state index is 5.29. The van der Waals surface area contributed by atoms with Crippen molar-refractivity contribution < 1.29 is 4.74 Å². The van der Waals surface area contributed by atoms with Gasteiger partial charge in [0.25, 0.3) is 0 Å². The number of aryl methyl sites for hydroxylation is 1. The fourth-order valence-electron chi connectivity index (χ4n) is 2.99. The highest BCUT2D eigenvalue weighted by atomic mass is 16.5. The summed E-state index contributed by atoms with van der Waals surface area (Å²) < 4.78 is 7.36. The van der Waals surface area contributed by atoms with Gasteiger partial charge in [-0.25, -0.2) is 4.98 Å².